The van der Waals surface area contributed by atoms with Crippen LogP contribution in [0.3, 0.4) is 0 Å². The molecule has 1 aliphatic rings. The Kier molecular flexibility index (Phi) is 9.33. The molecule has 6 rings (SSSR count). The number of rotatable bonds is 9. The zero-order valence-electron chi connectivity index (χ0n) is 26.3. The smallest absolute Gasteiger partial charge is 0.346 e. The maximum absolute atomic E-state index is 13.7. The van der Waals surface area contributed by atoms with E-state index >= 15 is 0 Å². The van der Waals surface area contributed by atoms with Gasteiger partial charge < -0.3 is 10.6 Å². The molecule has 0 unspecified atom stereocenters. The lowest BCUT2D eigenvalue weighted by molar-refractivity contribution is -0.141. The van der Waals surface area contributed by atoms with E-state index in [1.807, 2.05) is 24.3 Å². The fraction of sp³-hybridized carbons (Fsp3) is 0.154. The highest BCUT2D eigenvalue weighted by Crippen LogP contribution is 2.51. The van der Waals surface area contributed by atoms with Crippen molar-refractivity contribution in [2.45, 2.75) is 30.6 Å². The highest BCUT2D eigenvalue weighted by atomic mass is 19.4. The van der Waals surface area contributed by atoms with Crippen LogP contribution in [0.4, 0.5) is 32.0 Å². The monoisotopic (exact) mass is 685 g/mol. The average Bonchev–Trinajstić information content (AvgIpc) is 3.39. The fourth-order valence-corrected chi connectivity index (χ4v) is 6.34. The molecule has 254 valence electrons. The van der Waals surface area contributed by atoms with E-state index in [1.165, 1.54) is 18.3 Å². The summed E-state index contributed by atoms with van der Waals surface area (Å²) in [5.41, 5.74) is 2.87. The molecule has 0 fully saturated rings. The molecule has 0 saturated carbocycles. The van der Waals surface area contributed by atoms with Gasteiger partial charge in [0.2, 0.25) is 5.91 Å². The first kappa shape index (κ1) is 34.2. The summed E-state index contributed by atoms with van der Waals surface area (Å²) in [5.74, 6) is -1.20. The third kappa shape index (κ3) is 7.03. The molecule has 2 amide bonds. The minimum atomic E-state index is -4.57. The van der Waals surface area contributed by atoms with Gasteiger partial charge in [-0.05, 0) is 82.6 Å². The van der Waals surface area contributed by atoms with E-state index in [0.29, 0.717) is 40.1 Å². The van der Waals surface area contributed by atoms with Crippen molar-refractivity contribution < 1.29 is 35.9 Å². The van der Waals surface area contributed by atoms with Crippen molar-refractivity contribution in [3.63, 3.8) is 0 Å². The number of allylic oxidation sites excluding steroid dienone is 1. The summed E-state index contributed by atoms with van der Waals surface area (Å²) in [6, 6.07) is 28.9. The van der Waals surface area contributed by atoms with Crippen molar-refractivity contribution in [1.29, 1.82) is 0 Å². The molecule has 4 aromatic carbocycles. The van der Waals surface area contributed by atoms with Crippen molar-refractivity contribution in [3.05, 3.63) is 149 Å². The number of hydrogen-bond acceptors (Lipinski definition) is 3. The fourth-order valence-electron chi connectivity index (χ4n) is 6.34. The zero-order chi connectivity index (χ0) is 35.5. The molecule has 1 heterocycles. The predicted octanol–water partition coefficient (Wildman–Crippen LogP) is 9.46. The molecular formula is C39H29F6N3O2. The summed E-state index contributed by atoms with van der Waals surface area (Å²) in [4.78, 5) is 31.2. The van der Waals surface area contributed by atoms with Crippen LogP contribution in [0.15, 0.2) is 121 Å². The molecular weight excluding hydrogens is 656 g/mol. The molecule has 1 aliphatic carbocycles. The number of pyridine rings is 1. The molecule has 11 heteroatoms. The van der Waals surface area contributed by atoms with E-state index in [-0.39, 0.29) is 12.0 Å². The largest absolute Gasteiger partial charge is 0.416 e. The second-order valence-electron chi connectivity index (χ2n) is 11.8. The zero-order valence-corrected chi connectivity index (χ0v) is 26.3. The third-order valence-electron chi connectivity index (χ3n) is 8.61. The predicted molar refractivity (Wildman–Crippen MR) is 179 cm³/mol. The SMILES string of the molecule is O=C(Nc1ccc(/C=C/CCC2(C(=O)NCC(F)(F)F)c3ccccc3-c3ccccc32)nc1)c1ccccc1-c1ccc(C(F)(F)F)cc1. The quantitative estimate of drug-likeness (QED) is 0.152. The summed E-state index contributed by atoms with van der Waals surface area (Å²) in [5, 5.41) is 4.89. The number of nitrogens with zero attached hydrogens (tertiary/aromatic N) is 1. The minimum Gasteiger partial charge on any atom is -0.346 e. The number of amides is 2. The number of aromatic nitrogens is 1. The molecule has 5 nitrogen and oxygen atoms in total. The lowest BCUT2D eigenvalue weighted by atomic mass is 9.73. The second-order valence-corrected chi connectivity index (χ2v) is 11.8. The van der Waals surface area contributed by atoms with E-state index in [1.54, 1.807) is 72.8 Å². The van der Waals surface area contributed by atoms with Crippen molar-refractivity contribution in [3.8, 4) is 22.3 Å². The van der Waals surface area contributed by atoms with Gasteiger partial charge in [0.1, 0.15) is 12.0 Å². The van der Waals surface area contributed by atoms with Crippen LogP contribution in [0.2, 0.25) is 0 Å². The first-order valence-electron chi connectivity index (χ1n) is 15.6. The number of hydrogen-bond donors (Lipinski definition) is 2. The number of halogens is 6. The number of benzene rings is 4. The van der Waals surface area contributed by atoms with Crippen molar-refractivity contribution in [2.24, 2.45) is 0 Å². The van der Waals surface area contributed by atoms with Gasteiger partial charge in [0.15, 0.2) is 0 Å². The highest BCUT2D eigenvalue weighted by Gasteiger charge is 2.49. The van der Waals surface area contributed by atoms with Crippen LogP contribution < -0.4 is 10.6 Å². The van der Waals surface area contributed by atoms with Gasteiger partial charge in [-0.2, -0.15) is 26.3 Å². The van der Waals surface area contributed by atoms with Gasteiger partial charge in [-0.3, -0.25) is 14.6 Å². The topological polar surface area (TPSA) is 71.1 Å². The average molecular weight is 686 g/mol. The Labute approximate surface area is 283 Å². The van der Waals surface area contributed by atoms with Crippen molar-refractivity contribution in [2.75, 3.05) is 11.9 Å². The molecule has 1 aromatic heterocycles. The van der Waals surface area contributed by atoms with E-state index in [0.717, 1.165) is 23.3 Å². The lowest BCUT2D eigenvalue weighted by Crippen LogP contribution is -2.47. The molecule has 0 radical (unpaired) electrons. The standard InChI is InChI=1S/C39H29F6N3O2/c40-38(41,42)24-47-36(50)37(33-14-5-3-11-30(33)31-12-4-6-15-34(31)37)22-8-7-9-27-20-21-28(23-46-27)48-35(49)32-13-2-1-10-29(32)25-16-18-26(19-17-25)39(43,44)45/h1-7,9-21,23H,8,22,24H2,(H,47,50)(H,48,49)/b9-7+. The van der Waals surface area contributed by atoms with Gasteiger partial charge in [-0.15, -0.1) is 0 Å². The van der Waals surface area contributed by atoms with Crippen LogP contribution in [-0.2, 0) is 16.4 Å². The van der Waals surface area contributed by atoms with Gasteiger partial charge in [-0.1, -0.05) is 84.9 Å². The Bertz CT molecular complexity index is 2010. The third-order valence-corrected chi connectivity index (χ3v) is 8.61. The summed E-state index contributed by atoms with van der Waals surface area (Å²) in [6.07, 6.45) is -3.54. The van der Waals surface area contributed by atoms with E-state index in [4.69, 9.17) is 0 Å². The first-order chi connectivity index (χ1) is 23.9. The van der Waals surface area contributed by atoms with Crippen molar-refractivity contribution in [1.82, 2.24) is 10.3 Å². The Balaban J connectivity index is 1.16. The number of anilines is 1. The maximum atomic E-state index is 13.7. The maximum Gasteiger partial charge on any atom is 0.416 e. The van der Waals surface area contributed by atoms with E-state index in [9.17, 15) is 35.9 Å². The number of nitrogens with one attached hydrogen (secondary N) is 2. The molecule has 0 saturated heterocycles. The number of alkyl halides is 6. The van der Waals surface area contributed by atoms with Crippen LogP contribution >= 0.6 is 0 Å². The van der Waals surface area contributed by atoms with Crippen molar-refractivity contribution >= 4 is 23.6 Å². The van der Waals surface area contributed by atoms with Crippen LogP contribution in [0.1, 0.15) is 45.6 Å². The van der Waals surface area contributed by atoms with Gasteiger partial charge in [-0.25, -0.2) is 0 Å². The summed E-state index contributed by atoms with van der Waals surface area (Å²) in [7, 11) is 0. The summed E-state index contributed by atoms with van der Waals surface area (Å²) < 4.78 is 78.5. The Morgan fingerprint density at radius 2 is 1.32 bits per heavy atom. The Morgan fingerprint density at radius 3 is 1.90 bits per heavy atom. The van der Waals surface area contributed by atoms with Gasteiger partial charge in [0.05, 0.1) is 23.1 Å². The van der Waals surface area contributed by atoms with E-state index < -0.39 is 41.7 Å². The molecule has 0 bridgehead atoms. The molecule has 50 heavy (non-hydrogen) atoms. The number of fused-ring (bicyclic) bond motifs is 3. The summed E-state index contributed by atoms with van der Waals surface area (Å²) in [6.45, 7) is -1.44. The van der Waals surface area contributed by atoms with Crippen LogP contribution in [0, 0.1) is 0 Å². The van der Waals surface area contributed by atoms with Crippen LogP contribution in [0.25, 0.3) is 28.3 Å². The summed E-state index contributed by atoms with van der Waals surface area (Å²) >= 11 is 0. The minimum absolute atomic E-state index is 0.202. The Morgan fingerprint density at radius 1 is 0.720 bits per heavy atom. The van der Waals surface area contributed by atoms with Crippen LogP contribution in [-0.4, -0.2) is 29.5 Å². The second kappa shape index (κ2) is 13.7. The Hall–Kier alpha value is -5.71. The molecule has 5 aromatic rings. The molecule has 0 aliphatic heterocycles. The van der Waals surface area contributed by atoms with Crippen LogP contribution in [0.5, 0.6) is 0 Å². The molecule has 0 atom stereocenters. The highest BCUT2D eigenvalue weighted by molar-refractivity contribution is 6.08. The normalized spacial score (nSPS) is 13.5. The van der Waals surface area contributed by atoms with E-state index in [2.05, 4.69) is 15.6 Å². The first-order valence-corrected chi connectivity index (χ1v) is 15.6. The molecule has 0 spiro atoms. The number of carbonyl (C=O) groups is 2. The van der Waals surface area contributed by atoms with Gasteiger partial charge in [0, 0.05) is 5.56 Å². The molecule has 2 N–H and O–H groups in total. The van der Waals surface area contributed by atoms with Gasteiger partial charge in [0.25, 0.3) is 5.91 Å². The number of carbonyl (C=O) groups excluding carboxylic acids is 2. The lowest BCUT2D eigenvalue weighted by Gasteiger charge is -2.30. The van der Waals surface area contributed by atoms with Gasteiger partial charge >= 0.3 is 12.4 Å².